The van der Waals surface area contributed by atoms with Crippen molar-refractivity contribution < 1.29 is 9.53 Å². The van der Waals surface area contributed by atoms with Gasteiger partial charge in [-0.1, -0.05) is 59.6 Å². The summed E-state index contributed by atoms with van der Waals surface area (Å²) in [5.74, 6) is 0.567. The number of para-hydroxylation sites is 1. The van der Waals surface area contributed by atoms with E-state index in [9.17, 15) is 4.79 Å². The van der Waals surface area contributed by atoms with Crippen molar-refractivity contribution in [3.63, 3.8) is 0 Å². The van der Waals surface area contributed by atoms with Crippen molar-refractivity contribution in [3.8, 4) is 5.75 Å². The molecule has 0 radical (unpaired) electrons. The Labute approximate surface area is 155 Å². The Kier molecular flexibility index (Phi) is 5.58. The Bertz CT molecular complexity index is 866. The molecular formula is C18H15Cl2N3O2. The highest BCUT2D eigenvalue weighted by Gasteiger charge is 2.12. The first-order valence-electron chi connectivity index (χ1n) is 7.56. The average Bonchev–Trinajstić information content (AvgIpc) is 2.95. The molecule has 5 nitrogen and oxygen atoms in total. The molecule has 128 valence electrons. The SMILES string of the molecule is O=C(COc1ccccc1)Nc1nn(Cc2ccccc2Cl)cc1Cl. The molecule has 0 bridgehead atoms. The summed E-state index contributed by atoms with van der Waals surface area (Å²) < 4.78 is 7.01. The van der Waals surface area contributed by atoms with Crippen LogP contribution in [0.2, 0.25) is 10.0 Å². The minimum Gasteiger partial charge on any atom is -0.484 e. The number of halogens is 2. The molecule has 0 aliphatic carbocycles. The van der Waals surface area contributed by atoms with Crippen molar-refractivity contribution in [2.45, 2.75) is 6.54 Å². The van der Waals surface area contributed by atoms with Crippen LogP contribution in [-0.4, -0.2) is 22.3 Å². The Morgan fingerprint density at radius 2 is 1.76 bits per heavy atom. The molecule has 0 aliphatic heterocycles. The second-order valence-electron chi connectivity index (χ2n) is 5.26. The molecular weight excluding hydrogens is 361 g/mol. The first-order chi connectivity index (χ1) is 12.1. The molecule has 1 amide bonds. The fraction of sp³-hybridized carbons (Fsp3) is 0.111. The lowest BCUT2D eigenvalue weighted by atomic mass is 10.2. The minimum absolute atomic E-state index is 0.127. The van der Waals surface area contributed by atoms with Crippen molar-refractivity contribution >= 4 is 34.9 Å². The van der Waals surface area contributed by atoms with Gasteiger partial charge in [-0.2, -0.15) is 5.10 Å². The molecule has 3 aromatic rings. The fourth-order valence-electron chi connectivity index (χ4n) is 2.20. The molecule has 0 saturated carbocycles. The predicted octanol–water partition coefficient (Wildman–Crippen LogP) is 4.26. The van der Waals surface area contributed by atoms with E-state index in [1.54, 1.807) is 23.0 Å². The van der Waals surface area contributed by atoms with Crippen LogP contribution >= 0.6 is 23.2 Å². The van der Waals surface area contributed by atoms with Crippen molar-refractivity contribution in [1.29, 1.82) is 0 Å². The molecule has 25 heavy (non-hydrogen) atoms. The number of rotatable bonds is 6. The standard InChI is InChI=1S/C18H15Cl2N3O2/c19-15-9-5-4-6-13(15)10-23-11-16(20)18(22-23)21-17(24)12-25-14-7-2-1-3-8-14/h1-9,11H,10,12H2,(H,21,22,24). The van der Waals surface area contributed by atoms with Crippen molar-refractivity contribution in [2.24, 2.45) is 0 Å². The summed E-state index contributed by atoms with van der Waals surface area (Å²) in [6.45, 7) is 0.327. The molecule has 0 aliphatic rings. The van der Waals surface area contributed by atoms with E-state index in [0.29, 0.717) is 22.3 Å². The summed E-state index contributed by atoms with van der Waals surface area (Å²) in [5.41, 5.74) is 0.911. The molecule has 3 rings (SSSR count). The minimum atomic E-state index is -0.339. The summed E-state index contributed by atoms with van der Waals surface area (Å²) in [7, 11) is 0. The third-order valence-corrected chi connectivity index (χ3v) is 4.02. The largest absolute Gasteiger partial charge is 0.484 e. The number of nitrogens with one attached hydrogen (secondary N) is 1. The van der Waals surface area contributed by atoms with Crippen LogP contribution in [0.25, 0.3) is 0 Å². The predicted molar refractivity (Wildman–Crippen MR) is 98.4 cm³/mol. The van der Waals surface area contributed by atoms with Crippen LogP contribution in [0.4, 0.5) is 5.82 Å². The van der Waals surface area contributed by atoms with Gasteiger partial charge in [0.05, 0.1) is 6.54 Å². The highest BCUT2D eigenvalue weighted by molar-refractivity contribution is 6.33. The molecule has 0 saturated heterocycles. The smallest absolute Gasteiger partial charge is 0.263 e. The first-order valence-corrected chi connectivity index (χ1v) is 8.31. The molecule has 0 fully saturated rings. The normalized spacial score (nSPS) is 10.5. The second-order valence-corrected chi connectivity index (χ2v) is 6.08. The molecule has 0 atom stereocenters. The zero-order chi connectivity index (χ0) is 17.6. The maximum atomic E-state index is 12.0. The number of aromatic nitrogens is 2. The van der Waals surface area contributed by atoms with Crippen LogP contribution in [-0.2, 0) is 11.3 Å². The fourth-order valence-corrected chi connectivity index (χ4v) is 2.59. The number of carbonyl (C=O) groups is 1. The third-order valence-electron chi connectivity index (χ3n) is 3.38. The van der Waals surface area contributed by atoms with Crippen LogP contribution in [0.3, 0.4) is 0 Å². The molecule has 0 unspecified atom stereocenters. The van der Waals surface area contributed by atoms with E-state index in [1.165, 1.54) is 0 Å². The van der Waals surface area contributed by atoms with E-state index in [4.69, 9.17) is 27.9 Å². The van der Waals surface area contributed by atoms with Crippen LogP contribution in [0.5, 0.6) is 5.75 Å². The summed E-state index contributed by atoms with van der Waals surface area (Å²) in [5, 5.41) is 7.92. The lowest BCUT2D eigenvalue weighted by molar-refractivity contribution is -0.118. The summed E-state index contributed by atoms with van der Waals surface area (Å²) in [4.78, 5) is 12.0. The van der Waals surface area contributed by atoms with Gasteiger partial charge in [0.25, 0.3) is 5.91 Å². The highest BCUT2D eigenvalue weighted by Crippen LogP contribution is 2.22. The molecule has 1 heterocycles. The van der Waals surface area contributed by atoms with Gasteiger partial charge >= 0.3 is 0 Å². The molecule has 1 N–H and O–H groups in total. The zero-order valence-electron chi connectivity index (χ0n) is 13.2. The summed E-state index contributed by atoms with van der Waals surface area (Å²) >= 11 is 12.3. The number of benzene rings is 2. The second kappa shape index (κ2) is 8.05. The van der Waals surface area contributed by atoms with E-state index >= 15 is 0 Å². The van der Waals surface area contributed by atoms with Gasteiger partial charge in [0.2, 0.25) is 0 Å². The van der Waals surface area contributed by atoms with E-state index in [0.717, 1.165) is 5.56 Å². The third kappa shape index (κ3) is 4.75. The van der Waals surface area contributed by atoms with Gasteiger partial charge in [-0.25, -0.2) is 0 Å². The van der Waals surface area contributed by atoms with Crippen LogP contribution in [0, 0.1) is 0 Å². The van der Waals surface area contributed by atoms with Gasteiger partial charge < -0.3 is 10.1 Å². The topological polar surface area (TPSA) is 56.1 Å². The zero-order valence-corrected chi connectivity index (χ0v) is 14.7. The van der Waals surface area contributed by atoms with Crippen LogP contribution in [0.1, 0.15) is 5.56 Å². The van der Waals surface area contributed by atoms with E-state index in [1.807, 2.05) is 42.5 Å². The Balaban J connectivity index is 1.60. The monoisotopic (exact) mass is 375 g/mol. The number of hydrogen-bond acceptors (Lipinski definition) is 3. The van der Waals surface area contributed by atoms with E-state index in [2.05, 4.69) is 10.4 Å². The van der Waals surface area contributed by atoms with Gasteiger partial charge in [0, 0.05) is 11.2 Å². The van der Waals surface area contributed by atoms with E-state index in [-0.39, 0.29) is 18.3 Å². The number of ether oxygens (including phenoxy) is 1. The number of amides is 1. The first kappa shape index (κ1) is 17.3. The Morgan fingerprint density at radius 1 is 1.04 bits per heavy atom. The maximum Gasteiger partial charge on any atom is 0.263 e. The maximum absolute atomic E-state index is 12.0. The van der Waals surface area contributed by atoms with Gasteiger partial charge in [0.15, 0.2) is 12.4 Å². The molecule has 0 spiro atoms. The van der Waals surface area contributed by atoms with Crippen LogP contribution < -0.4 is 10.1 Å². The summed E-state index contributed by atoms with van der Waals surface area (Å²) in [6.07, 6.45) is 1.64. The van der Waals surface area contributed by atoms with Crippen molar-refractivity contribution in [2.75, 3.05) is 11.9 Å². The Hall–Kier alpha value is -2.50. The quantitative estimate of drug-likeness (QED) is 0.700. The van der Waals surface area contributed by atoms with E-state index < -0.39 is 0 Å². The molecule has 2 aromatic carbocycles. The number of anilines is 1. The summed E-state index contributed by atoms with van der Waals surface area (Å²) in [6, 6.07) is 16.6. The average molecular weight is 376 g/mol. The van der Waals surface area contributed by atoms with Gasteiger partial charge in [-0.05, 0) is 23.8 Å². The van der Waals surface area contributed by atoms with Gasteiger partial charge in [0.1, 0.15) is 10.8 Å². The molecule has 1 aromatic heterocycles. The highest BCUT2D eigenvalue weighted by atomic mass is 35.5. The lowest BCUT2D eigenvalue weighted by Gasteiger charge is -2.06. The number of nitrogens with zero attached hydrogens (tertiary/aromatic N) is 2. The Morgan fingerprint density at radius 3 is 2.52 bits per heavy atom. The number of hydrogen-bond donors (Lipinski definition) is 1. The van der Waals surface area contributed by atoms with Crippen LogP contribution in [0.15, 0.2) is 60.8 Å². The van der Waals surface area contributed by atoms with Crippen molar-refractivity contribution in [1.82, 2.24) is 9.78 Å². The number of carbonyl (C=O) groups excluding carboxylic acids is 1. The van der Waals surface area contributed by atoms with Gasteiger partial charge in [-0.15, -0.1) is 0 Å². The molecule has 7 heteroatoms. The van der Waals surface area contributed by atoms with Gasteiger partial charge in [-0.3, -0.25) is 9.48 Å². The van der Waals surface area contributed by atoms with Crippen molar-refractivity contribution in [3.05, 3.63) is 76.4 Å². The lowest BCUT2D eigenvalue weighted by Crippen LogP contribution is -2.20.